The minimum atomic E-state index is -0.412. The van der Waals surface area contributed by atoms with Gasteiger partial charge in [-0.2, -0.15) is 5.10 Å². The number of anilines is 1. The molecule has 24 heavy (non-hydrogen) atoms. The Bertz CT molecular complexity index is 770. The van der Waals surface area contributed by atoms with E-state index < -0.39 is 5.91 Å². The second-order valence-electron chi connectivity index (χ2n) is 5.53. The normalized spacial score (nSPS) is 11.0. The van der Waals surface area contributed by atoms with Crippen molar-refractivity contribution >= 4 is 23.2 Å². The maximum atomic E-state index is 12.0. The largest absolute Gasteiger partial charge is 0.326 e. The van der Waals surface area contributed by atoms with Crippen LogP contribution < -0.4 is 10.7 Å². The highest BCUT2D eigenvalue weighted by molar-refractivity contribution is 6.06. The van der Waals surface area contributed by atoms with E-state index in [0.717, 1.165) is 11.3 Å². The molecule has 0 saturated carbocycles. The fourth-order valence-corrected chi connectivity index (χ4v) is 2.00. The molecule has 0 unspecified atom stereocenters. The van der Waals surface area contributed by atoms with E-state index in [1.807, 2.05) is 32.0 Å². The van der Waals surface area contributed by atoms with E-state index in [4.69, 9.17) is 0 Å². The van der Waals surface area contributed by atoms with E-state index in [1.54, 1.807) is 25.1 Å². The predicted molar refractivity (Wildman–Crippen MR) is 94.0 cm³/mol. The molecule has 0 atom stereocenters. The number of hydrogen-bond acceptors (Lipinski definition) is 4. The fourth-order valence-electron chi connectivity index (χ4n) is 2.00. The first-order valence-corrected chi connectivity index (χ1v) is 7.57. The molecule has 6 nitrogen and oxygen atoms in total. The molecule has 1 aromatic carbocycles. The molecular weight excluding hydrogens is 304 g/mol. The first-order valence-electron chi connectivity index (χ1n) is 7.57. The zero-order valence-corrected chi connectivity index (χ0v) is 14.0. The Morgan fingerprint density at radius 1 is 1.12 bits per heavy atom. The Morgan fingerprint density at radius 3 is 2.58 bits per heavy atom. The van der Waals surface area contributed by atoms with Crippen molar-refractivity contribution in [3.8, 4) is 0 Å². The molecule has 0 radical (unpaired) electrons. The van der Waals surface area contributed by atoms with Crippen LogP contribution in [0.5, 0.6) is 0 Å². The third-order valence-electron chi connectivity index (χ3n) is 3.45. The van der Waals surface area contributed by atoms with Crippen molar-refractivity contribution in [2.45, 2.75) is 27.2 Å². The van der Waals surface area contributed by atoms with E-state index in [9.17, 15) is 9.59 Å². The molecule has 0 saturated heterocycles. The number of pyridine rings is 1. The Hall–Kier alpha value is -3.02. The molecular formula is C18H20N4O2. The average Bonchev–Trinajstić information content (AvgIpc) is 2.56. The second-order valence-corrected chi connectivity index (χ2v) is 5.53. The van der Waals surface area contributed by atoms with Crippen LogP contribution >= 0.6 is 0 Å². The number of rotatable bonds is 5. The molecule has 124 valence electrons. The third-order valence-corrected chi connectivity index (χ3v) is 3.45. The maximum absolute atomic E-state index is 12.0. The van der Waals surface area contributed by atoms with Crippen molar-refractivity contribution < 1.29 is 9.59 Å². The van der Waals surface area contributed by atoms with Gasteiger partial charge >= 0.3 is 0 Å². The van der Waals surface area contributed by atoms with Gasteiger partial charge in [0.25, 0.3) is 5.91 Å². The molecule has 0 fully saturated rings. The van der Waals surface area contributed by atoms with Crippen molar-refractivity contribution in [2.24, 2.45) is 5.10 Å². The van der Waals surface area contributed by atoms with Gasteiger partial charge in [0.15, 0.2) is 0 Å². The number of hydrazone groups is 1. The summed E-state index contributed by atoms with van der Waals surface area (Å²) in [5.41, 5.74) is 6.19. The quantitative estimate of drug-likeness (QED) is 0.655. The van der Waals surface area contributed by atoms with Crippen LogP contribution in [0.2, 0.25) is 0 Å². The summed E-state index contributed by atoms with van der Waals surface area (Å²) in [5, 5.41) is 6.75. The summed E-state index contributed by atoms with van der Waals surface area (Å²) in [7, 11) is 0. The van der Waals surface area contributed by atoms with Gasteiger partial charge in [-0.05, 0) is 56.2 Å². The second kappa shape index (κ2) is 8.01. The molecule has 0 aliphatic carbocycles. The van der Waals surface area contributed by atoms with Crippen molar-refractivity contribution in [3.05, 3.63) is 59.4 Å². The van der Waals surface area contributed by atoms with Gasteiger partial charge in [0, 0.05) is 17.6 Å². The van der Waals surface area contributed by atoms with Crippen LogP contribution in [-0.4, -0.2) is 22.5 Å². The van der Waals surface area contributed by atoms with Crippen molar-refractivity contribution in [2.75, 3.05) is 5.32 Å². The van der Waals surface area contributed by atoms with Gasteiger partial charge in [-0.25, -0.2) is 5.43 Å². The van der Waals surface area contributed by atoms with Crippen LogP contribution in [0.1, 0.15) is 35.0 Å². The molecule has 2 N–H and O–H groups in total. The fraction of sp³-hybridized carbons (Fsp3) is 0.222. The smallest absolute Gasteiger partial charge is 0.289 e. The molecule has 1 aromatic heterocycles. The highest BCUT2D eigenvalue weighted by Gasteiger charge is 2.08. The van der Waals surface area contributed by atoms with Crippen LogP contribution in [0.25, 0.3) is 0 Å². The van der Waals surface area contributed by atoms with Crippen molar-refractivity contribution in [1.29, 1.82) is 0 Å². The summed E-state index contributed by atoms with van der Waals surface area (Å²) in [6.45, 7) is 5.69. The molecule has 2 aromatic rings. The van der Waals surface area contributed by atoms with Gasteiger partial charge in [-0.15, -0.1) is 0 Å². The number of hydrogen-bond donors (Lipinski definition) is 2. The lowest BCUT2D eigenvalue weighted by Crippen LogP contribution is -2.22. The number of aryl methyl sites for hydroxylation is 2. The number of nitrogens with one attached hydrogen (secondary N) is 2. The molecule has 0 spiro atoms. The van der Waals surface area contributed by atoms with Gasteiger partial charge < -0.3 is 5.32 Å². The summed E-state index contributed by atoms with van der Waals surface area (Å²) in [6.07, 6.45) is 1.62. The van der Waals surface area contributed by atoms with Gasteiger partial charge in [0.2, 0.25) is 5.91 Å². The van der Waals surface area contributed by atoms with E-state index in [-0.39, 0.29) is 18.0 Å². The van der Waals surface area contributed by atoms with Crippen LogP contribution in [0.4, 0.5) is 5.69 Å². The van der Waals surface area contributed by atoms with Gasteiger partial charge in [-0.1, -0.05) is 12.1 Å². The number of benzene rings is 1. The van der Waals surface area contributed by atoms with Crippen molar-refractivity contribution in [3.63, 3.8) is 0 Å². The molecule has 6 heteroatoms. The monoisotopic (exact) mass is 324 g/mol. The molecule has 2 amide bonds. The molecule has 2 rings (SSSR count). The molecule has 0 aliphatic rings. The maximum Gasteiger partial charge on any atom is 0.289 e. The first-order chi connectivity index (χ1) is 11.5. The average molecular weight is 324 g/mol. The van der Waals surface area contributed by atoms with Crippen LogP contribution in [0.15, 0.2) is 47.7 Å². The lowest BCUT2D eigenvalue weighted by molar-refractivity contribution is -0.115. The summed E-state index contributed by atoms with van der Waals surface area (Å²) >= 11 is 0. The highest BCUT2D eigenvalue weighted by Crippen LogP contribution is 2.14. The molecule has 0 bridgehead atoms. The van der Waals surface area contributed by atoms with E-state index in [0.29, 0.717) is 5.71 Å². The van der Waals surface area contributed by atoms with Crippen LogP contribution in [0, 0.1) is 13.8 Å². The third kappa shape index (κ3) is 5.01. The topological polar surface area (TPSA) is 83.5 Å². The Kier molecular flexibility index (Phi) is 5.78. The van der Waals surface area contributed by atoms with Crippen molar-refractivity contribution in [1.82, 2.24) is 10.4 Å². The van der Waals surface area contributed by atoms with Crippen LogP contribution in [0.3, 0.4) is 0 Å². The summed E-state index contributed by atoms with van der Waals surface area (Å²) < 4.78 is 0. The zero-order valence-electron chi connectivity index (χ0n) is 14.0. The minimum Gasteiger partial charge on any atom is -0.326 e. The van der Waals surface area contributed by atoms with Gasteiger partial charge in [0.1, 0.15) is 5.69 Å². The van der Waals surface area contributed by atoms with E-state index in [1.165, 1.54) is 11.8 Å². The van der Waals surface area contributed by atoms with E-state index in [2.05, 4.69) is 20.8 Å². The van der Waals surface area contributed by atoms with Gasteiger partial charge in [-0.3, -0.25) is 14.6 Å². The lowest BCUT2D eigenvalue weighted by atomic mass is 10.1. The highest BCUT2D eigenvalue weighted by atomic mass is 16.2. The number of carbonyl (C=O) groups is 2. The SMILES string of the molecule is C/C(CC(=O)Nc1ccc(C)c(C)c1)=N\NC(=O)c1ccccn1. The Balaban J connectivity index is 1.88. The Labute approximate surface area is 141 Å². The number of carbonyl (C=O) groups excluding carboxylic acids is 2. The Morgan fingerprint density at radius 2 is 1.92 bits per heavy atom. The molecule has 1 heterocycles. The predicted octanol–water partition coefficient (Wildman–Crippen LogP) is 2.83. The number of aromatic nitrogens is 1. The first kappa shape index (κ1) is 17.3. The molecule has 0 aliphatic heterocycles. The van der Waals surface area contributed by atoms with Gasteiger partial charge in [0.05, 0.1) is 6.42 Å². The summed E-state index contributed by atoms with van der Waals surface area (Å²) in [6, 6.07) is 10.8. The number of amides is 2. The minimum absolute atomic E-state index is 0.0927. The van der Waals surface area contributed by atoms with Crippen LogP contribution in [-0.2, 0) is 4.79 Å². The lowest BCUT2D eigenvalue weighted by Gasteiger charge is -2.07. The summed E-state index contributed by atoms with van der Waals surface area (Å²) in [5.74, 6) is -0.601. The zero-order chi connectivity index (χ0) is 17.5. The standard InChI is InChI=1S/C18H20N4O2/c1-12-7-8-15(10-13(12)2)20-17(23)11-14(3)21-22-18(24)16-6-4-5-9-19-16/h4-10H,11H2,1-3H3,(H,20,23)(H,22,24)/b21-14+. The van der Waals surface area contributed by atoms with E-state index >= 15 is 0 Å². The summed E-state index contributed by atoms with van der Waals surface area (Å²) in [4.78, 5) is 27.8. The number of nitrogens with zero attached hydrogens (tertiary/aromatic N) is 2.